The van der Waals surface area contributed by atoms with E-state index in [1.165, 1.54) is 12.0 Å². The summed E-state index contributed by atoms with van der Waals surface area (Å²) in [6, 6.07) is 20.6. The summed E-state index contributed by atoms with van der Waals surface area (Å²) in [6.07, 6.45) is 0. The zero-order valence-corrected chi connectivity index (χ0v) is 18.0. The van der Waals surface area contributed by atoms with Gasteiger partial charge < -0.3 is 10.1 Å². The lowest BCUT2D eigenvalue weighted by atomic mass is 10.0. The highest BCUT2D eigenvalue weighted by Crippen LogP contribution is 2.37. The SMILES string of the molecule is COc1ccccc1N1C(=O)C(Nc2cc(C)cc(C)c2)=C(c2ccc(C)cc2)C1=O. The molecule has 4 rings (SSSR count). The van der Waals surface area contributed by atoms with E-state index in [1.54, 1.807) is 24.3 Å². The lowest BCUT2D eigenvalue weighted by Crippen LogP contribution is -2.32. The average Bonchev–Trinajstić information content (AvgIpc) is 2.97. The van der Waals surface area contributed by atoms with Gasteiger partial charge in [0, 0.05) is 5.69 Å². The topological polar surface area (TPSA) is 58.6 Å². The molecule has 5 nitrogen and oxygen atoms in total. The number of hydrogen-bond donors (Lipinski definition) is 1. The van der Waals surface area contributed by atoms with Crippen molar-refractivity contribution < 1.29 is 14.3 Å². The minimum atomic E-state index is -0.413. The smallest absolute Gasteiger partial charge is 0.282 e. The van der Waals surface area contributed by atoms with Crippen LogP contribution in [0.3, 0.4) is 0 Å². The van der Waals surface area contributed by atoms with Crippen LogP contribution in [0.15, 0.2) is 72.4 Å². The number of nitrogens with one attached hydrogen (secondary N) is 1. The quantitative estimate of drug-likeness (QED) is 0.598. The van der Waals surface area contributed by atoms with Crippen molar-refractivity contribution in [1.29, 1.82) is 0 Å². The molecule has 0 aromatic heterocycles. The first-order valence-corrected chi connectivity index (χ1v) is 10.1. The third-order valence-corrected chi connectivity index (χ3v) is 5.24. The first-order chi connectivity index (χ1) is 14.9. The molecule has 1 aliphatic rings. The minimum absolute atomic E-state index is 0.254. The second kappa shape index (κ2) is 8.11. The van der Waals surface area contributed by atoms with Gasteiger partial charge in [-0.25, -0.2) is 4.90 Å². The van der Waals surface area contributed by atoms with Gasteiger partial charge in [0.2, 0.25) is 0 Å². The maximum Gasteiger partial charge on any atom is 0.282 e. The minimum Gasteiger partial charge on any atom is -0.495 e. The van der Waals surface area contributed by atoms with E-state index in [-0.39, 0.29) is 11.6 Å². The number of rotatable bonds is 5. The number of carbonyl (C=O) groups excluding carboxylic acids is 2. The van der Waals surface area contributed by atoms with E-state index < -0.39 is 5.91 Å². The van der Waals surface area contributed by atoms with Crippen LogP contribution >= 0.6 is 0 Å². The summed E-state index contributed by atoms with van der Waals surface area (Å²) >= 11 is 0. The van der Waals surface area contributed by atoms with Crippen LogP contribution in [0.4, 0.5) is 11.4 Å². The second-order valence-corrected chi connectivity index (χ2v) is 7.73. The number of carbonyl (C=O) groups is 2. The van der Waals surface area contributed by atoms with Crippen molar-refractivity contribution in [2.24, 2.45) is 0 Å². The molecule has 0 bridgehead atoms. The van der Waals surface area contributed by atoms with Gasteiger partial charge in [0.25, 0.3) is 11.8 Å². The van der Waals surface area contributed by atoms with E-state index in [2.05, 4.69) is 11.4 Å². The van der Waals surface area contributed by atoms with Crippen LogP contribution in [0.5, 0.6) is 5.75 Å². The summed E-state index contributed by atoms with van der Waals surface area (Å²) in [7, 11) is 1.52. The summed E-state index contributed by atoms with van der Waals surface area (Å²) in [6.45, 7) is 5.97. The standard InChI is InChI=1S/C26H24N2O3/c1-16-9-11-19(12-10-16)23-24(27-20-14-17(2)13-18(3)15-20)26(30)28(25(23)29)21-7-5-6-8-22(21)31-4/h5-15,27H,1-4H3. The van der Waals surface area contributed by atoms with Crippen LogP contribution in [0.25, 0.3) is 5.57 Å². The molecule has 3 aromatic rings. The zero-order valence-electron chi connectivity index (χ0n) is 18.0. The van der Waals surface area contributed by atoms with E-state index in [4.69, 9.17) is 4.74 Å². The molecule has 0 spiro atoms. The molecule has 0 fully saturated rings. The maximum absolute atomic E-state index is 13.6. The molecule has 0 radical (unpaired) electrons. The summed E-state index contributed by atoms with van der Waals surface area (Å²) in [4.78, 5) is 28.3. The molecule has 1 aliphatic heterocycles. The second-order valence-electron chi connectivity index (χ2n) is 7.73. The summed E-state index contributed by atoms with van der Waals surface area (Å²) in [5, 5.41) is 3.23. The van der Waals surface area contributed by atoms with Crippen LogP contribution < -0.4 is 15.0 Å². The van der Waals surface area contributed by atoms with E-state index in [0.29, 0.717) is 22.6 Å². The van der Waals surface area contributed by atoms with E-state index in [0.717, 1.165) is 22.4 Å². The van der Waals surface area contributed by atoms with Crippen LogP contribution in [-0.4, -0.2) is 18.9 Å². The fraction of sp³-hybridized carbons (Fsp3) is 0.154. The Morgan fingerprint density at radius 2 is 1.42 bits per heavy atom. The highest BCUT2D eigenvalue weighted by Gasteiger charge is 2.41. The molecule has 156 valence electrons. The van der Waals surface area contributed by atoms with Crippen molar-refractivity contribution in [3.05, 3.63) is 94.7 Å². The van der Waals surface area contributed by atoms with Gasteiger partial charge in [0.05, 0.1) is 18.4 Å². The fourth-order valence-corrected chi connectivity index (χ4v) is 3.86. The number of para-hydroxylation sites is 2. The van der Waals surface area contributed by atoms with Gasteiger partial charge in [-0.15, -0.1) is 0 Å². The Hall–Kier alpha value is -3.86. The van der Waals surface area contributed by atoms with Gasteiger partial charge >= 0.3 is 0 Å². The van der Waals surface area contributed by atoms with E-state index in [1.807, 2.05) is 57.2 Å². The van der Waals surface area contributed by atoms with Crippen molar-refractivity contribution in [2.45, 2.75) is 20.8 Å². The number of hydrogen-bond acceptors (Lipinski definition) is 4. The molecule has 2 amide bonds. The average molecular weight is 412 g/mol. The Morgan fingerprint density at radius 1 is 0.774 bits per heavy atom. The van der Waals surface area contributed by atoms with Gasteiger partial charge in [-0.05, 0) is 61.7 Å². The molecule has 31 heavy (non-hydrogen) atoms. The van der Waals surface area contributed by atoms with Gasteiger partial charge in [-0.1, -0.05) is 48.0 Å². The molecule has 1 N–H and O–H groups in total. The van der Waals surface area contributed by atoms with Gasteiger partial charge in [-0.2, -0.15) is 0 Å². The van der Waals surface area contributed by atoms with Crippen LogP contribution in [0.1, 0.15) is 22.3 Å². The zero-order chi connectivity index (χ0) is 22.1. The molecule has 0 saturated heterocycles. The van der Waals surface area contributed by atoms with Crippen LogP contribution in [0.2, 0.25) is 0 Å². The van der Waals surface area contributed by atoms with E-state index in [9.17, 15) is 9.59 Å². The molecule has 5 heteroatoms. The summed E-state index contributed by atoms with van der Waals surface area (Å²) in [5.41, 5.74) is 5.68. The Bertz CT molecular complexity index is 1190. The highest BCUT2D eigenvalue weighted by atomic mass is 16.5. The number of nitrogens with zero attached hydrogens (tertiary/aromatic N) is 1. The molecule has 3 aromatic carbocycles. The summed E-state index contributed by atoms with van der Waals surface area (Å²) in [5.74, 6) is -0.338. The van der Waals surface area contributed by atoms with Crippen molar-refractivity contribution in [3.8, 4) is 5.75 Å². The third-order valence-electron chi connectivity index (χ3n) is 5.24. The lowest BCUT2D eigenvalue weighted by molar-refractivity contribution is -0.120. The largest absolute Gasteiger partial charge is 0.495 e. The van der Waals surface area contributed by atoms with Crippen LogP contribution in [-0.2, 0) is 9.59 Å². The third kappa shape index (κ3) is 3.82. The number of imide groups is 1. The van der Waals surface area contributed by atoms with Crippen molar-refractivity contribution >= 4 is 28.8 Å². The number of anilines is 2. The molecule has 0 atom stereocenters. The van der Waals surface area contributed by atoms with Gasteiger partial charge in [0.15, 0.2) is 0 Å². The van der Waals surface area contributed by atoms with Gasteiger partial charge in [-0.3, -0.25) is 9.59 Å². The van der Waals surface area contributed by atoms with Gasteiger partial charge in [0.1, 0.15) is 11.4 Å². The van der Waals surface area contributed by atoms with Crippen molar-refractivity contribution in [3.63, 3.8) is 0 Å². The van der Waals surface area contributed by atoms with Crippen molar-refractivity contribution in [1.82, 2.24) is 0 Å². The molecule has 1 heterocycles. The Kier molecular flexibility index (Phi) is 5.34. The van der Waals surface area contributed by atoms with Crippen LogP contribution in [0, 0.1) is 20.8 Å². The predicted octanol–water partition coefficient (Wildman–Crippen LogP) is 5.02. The number of benzene rings is 3. The maximum atomic E-state index is 13.6. The predicted molar refractivity (Wildman–Crippen MR) is 123 cm³/mol. The molecule has 0 saturated carbocycles. The van der Waals surface area contributed by atoms with E-state index >= 15 is 0 Å². The number of ether oxygens (including phenoxy) is 1. The Balaban J connectivity index is 1.86. The fourth-order valence-electron chi connectivity index (χ4n) is 3.86. The molecule has 0 aliphatic carbocycles. The first kappa shape index (κ1) is 20.4. The normalized spacial score (nSPS) is 13.7. The summed E-state index contributed by atoms with van der Waals surface area (Å²) < 4.78 is 5.41. The van der Waals surface area contributed by atoms with Crippen molar-refractivity contribution in [2.75, 3.05) is 17.3 Å². The lowest BCUT2D eigenvalue weighted by Gasteiger charge is -2.18. The molecular weight excluding hydrogens is 388 g/mol. The Labute approximate surface area is 182 Å². The first-order valence-electron chi connectivity index (χ1n) is 10.1. The molecule has 0 unspecified atom stereocenters. The monoisotopic (exact) mass is 412 g/mol. The highest BCUT2D eigenvalue weighted by molar-refractivity contribution is 6.46. The molecular formula is C26H24N2O3. The number of aryl methyl sites for hydroxylation is 3. The number of amides is 2. The Morgan fingerprint density at radius 3 is 2.06 bits per heavy atom. The number of methoxy groups -OCH3 is 1.